The zero-order valence-electron chi connectivity index (χ0n) is 23.4. The number of hydrogen-bond donors (Lipinski definition) is 1. The third-order valence-electron chi connectivity index (χ3n) is 7.33. The Morgan fingerprint density at radius 3 is 2.17 bits per heavy atom. The van der Waals surface area contributed by atoms with Gasteiger partial charge in [0.1, 0.15) is 17.2 Å². The quantitative estimate of drug-likeness (QED) is 0.252. The first-order valence-corrected chi connectivity index (χ1v) is 13.8. The van der Waals surface area contributed by atoms with Gasteiger partial charge in [-0.3, -0.25) is 4.57 Å². The average molecular weight is 540 g/mol. The van der Waals surface area contributed by atoms with E-state index in [0.29, 0.717) is 19.5 Å². The number of ether oxygens (including phenoxy) is 2. The number of hydrogen-bond acceptors (Lipinski definition) is 5. The molecular weight excluding hydrogens is 502 g/mol. The van der Waals surface area contributed by atoms with E-state index < -0.39 is 11.9 Å². The van der Waals surface area contributed by atoms with Crippen LogP contribution in [0.1, 0.15) is 53.9 Å². The van der Waals surface area contributed by atoms with Gasteiger partial charge in [0.2, 0.25) is 0 Å². The molecule has 4 aromatic rings. The second kappa shape index (κ2) is 11.7. The molecule has 1 aliphatic heterocycles. The number of aliphatic hydroxyl groups is 1. The molecule has 208 valence electrons. The van der Waals surface area contributed by atoms with Crippen LogP contribution in [0.3, 0.4) is 0 Å². The molecule has 0 amide bonds. The molecule has 0 spiro atoms. The molecule has 1 fully saturated rings. The van der Waals surface area contributed by atoms with Gasteiger partial charge in [0.05, 0.1) is 13.1 Å². The molecule has 0 saturated carbocycles. The monoisotopic (exact) mass is 539 g/mol. The maximum atomic E-state index is 13.5. The topological polar surface area (TPSA) is 81.8 Å². The summed E-state index contributed by atoms with van der Waals surface area (Å²) in [7, 11) is 0. The molecule has 40 heavy (non-hydrogen) atoms. The SMILES string of the molecule is C=Cc1ccc(Cn2c(CCCc3ccc(OC(C)(C)C4OC4O)cc3)nn(Cc3ccc(C)cc3)c2=O)cc1. The van der Waals surface area contributed by atoms with Crippen LogP contribution in [0.5, 0.6) is 5.75 Å². The summed E-state index contributed by atoms with van der Waals surface area (Å²) in [5, 5.41) is 14.3. The van der Waals surface area contributed by atoms with Crippen molar-refractivity contribution < 1.29 is 14.6 Å². The van der Waals surface area contributed by atoms with Crippen molar-refractivity contribution in [2.75, 3.05) is 0 Å². The molecule has 1 N–H and O–H groups in total. The number of benzene rings is 3. The number of aliphatic hydroxyl groups excluding tert-OH is 1. The van der Waals surface area contributed by atoms with Crippen LogP contribution < -0.4 is 10.4 Å². The first-order valence-electron chi connectivity index (χ1n) is 13.8. The lowest BCUT2D eigenvalue weighted by molar-refractivity contribution is 0.0744. The third-order valence-corrected chi connectivity index (χ3v) is 7.33. The summed E-state index contributed by atoms with van der Waals surface area (Å²) in [6.45, 7) is 10.6. The zero-order valence-corrected chi connectivity index (χ0v) is 23.4. The van der Waals surface area contributed by atoms with Gasteiger partial charge in [0, 0.05) is 6.42 Å². The second-order valence-corrected chi connectivity index (χ2v) is 11.0. The minimum absolute atomic E-state index is 0.0998. The Bertz CT molecular complexity index is 1500. The van der Waals surface area contributed by atoms with Gasteiger partial charge in [-0.25, -0.2) is 9.48 Å². The summed E-state index contributed by atoms with van der Waals surface area (Å²) in [5.41, 5.74) is 4.81. The van der Waals surface area contributed by atoms with Gasteiger partial charge >= 0.3 is 5.69 Å². The van der Waals surface area contributed by atoms with Crippen LogP contribution in [-0.4, -0.2) is 37.4 Å². The Hall–Kier alpha value is -3.94. The molecule has 7 nitrogen and oxygen atoms in total. The van der Waals surface area contributed by atoms with Crippen LogP contribution in [-0.2, 0) is 30.7 Å². The van der Waals surface area contributed by atoms with Gasteiger partial charge in [0.25, 0.3) is 0 Å². The highest BCUT2D eigenvalue weighted by Gasteiger charge is 2.50. The smallest absolute Gasteiger partial charge is 0.346 e. The molecule has 0 bridgehead atoms. The van der Waals surface area contributed by atoms with Crippen molar-refractivity contribution in [2.45, 2.75) is 71.1 Å². The van der Waals surface area contributed by atoms with Gasteiger partial charge in [-0.1, -0.05) is 78.9 Å². The second-order valence-electron chi connectivity index (χ2n) is 11.0. The molecule has 2 heterocycles. The van der Waals surface area contributed by atoms with E-state index in [0.717, 1.165) is 41.1 Å². The van der Waals surface area contributed by atoms with Crippen molar-refractivity contribution in [3.63, 3.8) is 0 Å². The van der Waals surface area contributed by atoms with E-state index in [4.69, 9.17) is 14.6 Å². The minimum atomic E-state index is -0.751. The van der Waals surface area contributed by atoms with Gasteiger partial charge < -0.3 is 14.6 Å². The largest absolute Gasteiger partial charge is 0.485 e. The summed E-state index contributed by atoms with van der Waals surface area (Å²) in [4.78, 5) is 13.5. The number of epoxide rings is 1. The lowest BCUT2D eigenvalue weighted by Gasteiger charge is -2.24. The Morgan fingerprint density at radius 1 is 0.950 bits per heavy atom. The fourth-order valence-corrected chi connectivity index (χ4v) is 4.89. The maximum absolute atomic E-state index is 13.5. The van der Waals surface area contributed by atoms with E-state index in [1.54, 1.807) is 9.25 Å². The van der Waals surface area contributed by atoms with E-state index in [1.165, 1.54) is 11.1 Å². The molecule has 0 aliphatic carbocycles. The van der Waals surface area contributed by atoms with Crippen LogP contribution in [0.4, 0.5) is 0 Å². The van der Waals surface area contributed by atoms with Crippen molar-refractivity contribution in [3.8, 4) is 5.75 Å². The van der Waals surface area contributed by atoms with Crippen LogP contribution in [0.2, 0.25) is 0 Å². The first kappa shape index (κ1) is 27.6. The molecule has 2 unspecified atom stereocenters. The minimum Gasteiger partial charge on any atom is -0.485 e. The van der Waals surface area contributed by atoms with E-state index in [9.17, 15) is 9.90 Å². The molecule has 7 heteroatoms. The molecule has 1 aliphatic rings. The highest BCUT2D eigenvalue weighted by Crippen LogP contribution is 2.34. The predicted molar refractivity (Wildman–Crippen MR) is 156 cm³/mol. The number of aromatic nitrogens is 3. The van der Waals surface area contributed by atoms with Crippen molar-refractivity contribution in [1.29, 1.82) is 0 Å². The van der Waals surface area contributed by atoms with E-state index in [2.05, 4.69) is 37.8 Å². The lowest BCUT2D eigenvalue weighted by atomic mass is 10.0. The average Bonchev–Trinajstić information content (AvgIpc) is 3.64. The lowest BCUT2D eigenvalue weighted by Crippen LogP contribution is -2.36. The third kappa shape index (κ3) is 6.61. The summed E-state index contributed by atoms with van der Waals surface area (Å²) >= 11 is 0. The fraction of sp³-hybridized carbons (Fsp3) is 0.333. The standard InChI is InChI=1S/C33H37N3O4/c1-5-24-13-15-26(16-14-24)21-35-29(34-36(32(35)38)22-27-11-9-23(2)10-12-27)8-6-7-25-17-19-28(20-18-25)40-33(3,4)30-31(37)39-30/h5,9-20,30-31,37H,1,6-8,21-22H2,2-4H3. The zero-order chi connectivity index (χ0) is 28.3. The van der Waals surface area contributed by atoms with Crippen LogP contribution in [0.25, 0.3) is 6.08 Å². The van der Waals surface area contributed by atoms with Gasteiger partial charge in [-0.2, -0.15) is 5.10 Å². The van der Waals surface area contributed by atoms with Crippen molar-refractivity contribution >= 4 is 6.08 Å². The molecule has 2 atom stereocenters. The van der Waals surface area contributed by atoms with Crippen LogP contribution >= 0.6 is 0 Å². The number of rotatable bonds is 12. The molecule has 3 aromatic carbocycles. The van der Waals surface area contributed by atoms with Crippen LogP contribution in [0.15, 0.2) is 84.2 Å². The van der Waals surface area contributed by atoms with Crippen LogP contribution in [0, 0.1) is 6.92 Å². The van der Waals surface area contributed by atoms with Crippen molar-refractivity contribution in [1.82, 2.24) is 14.3 Å². The fourth-order valence-electron chi connectivity index (χ4n) is 4.89. The first-order chi connectivity index (χ1) is 19.2. The Labute approximate surface area is 235 Å². The van der Waals surface area contributed by atoms with Gasteiger partial charge in [-0.15, -0.1) is 0 Å². The van der Waals surface area contributed by atoms with E-state index in [-0.39, 0.29) is 11.8 Å². The van der Waals surface area contributed by atoms with Gasteiger partial charge in [0.15, 0.2) is 12.4 Å². The van der Waals surface area contributed by atoms with E-state index in [1.807, 2.05) is 68.5 Å². The summed E-state index contributed by atoms with van der Waals surface area (Å²) < 4.78 is 14.6. The van der Waals surface area contributed by atoms with Crippen molar-refractivity contribution in [2.24, 2.45) is 0 Å². The maximum Gasteiger partial charge on any atom is 0.346 e. The summed E-state index contributed by atoms with van der Waals surface area (Å²) in [6.07, 6.45) is 3.13. The molecule has 5 rings (SSSR count). The molecule has 1 saturated heterocycles. The number of nitrogens with zero attached hydrogens (tertiary/aromatic N) is 3. The Balaban J connectivity index is 1.28. The van der Waals surface area contributed by atoms with Gasteiger partial charge in [-0.05, 0) is 68.0 Å². The molecule has 0 radical (unpaired) electrons. The number of aryl methyl sites for hydroxylation is 3. The summed E-state index contributed by atoms with van der Waals surface area (Å²) in [6, 6.07) is 24.3. The Morgan fingerprint density at radius 2 is 1.55 bits per heavy atom. The summed E-state index contributed by atoms with van der Waals surface area (Å²) in [5.74, 6) is 1.53. The normalized spacial score (nSPS) is 16.6. The highest BCUT2D eigenvalue weighted by atomic mass is 16.7. The molecule has 1 aromatic heterocycles. The Kier molecular flexibility index (Phi) is 8.05. The van der Waals surface area contributed by atoms with Crippen molar-refractivity contribution in [3.05, 3.63) is 124 Å². The van der Waals surface area contributed by atoms with E-state index >= 15 is 0 Å². The molecular formula is C33H37N3O4. The highest BCUT2D eigenvalue weighted by molar-refractivity contribution is 5.47. The predicted octanol–water partition coefficient (Wildman–Crippen LogP) is 5.14.